The molecule has 2 heteroatoms. The number of carbonyl (C=O) groups excluding carboxylic acids is 1. The van der Waals surface area contributed by atoms with Gasteiger partial charge in [-0.15, -0.1) is 0 Å². The van der Waals surface area contributed by atoms with Crippen molar-refractivity contribution in [2.75, 3.05) is 0 Å². The van der Waals surface area contributed by atoms with Gasteiger partial charge < -0.3 is 5.73 Å². The Morgan fingerprint density at radius 1 is 1.27 bits per heavy atom. The van der Waals surface area contributed by atoms with Crippen molar-refractivity contribution < 1.29 is 4.79 Å². The summed E-state index contributed by atoms with van der Waals surface area (Å²) in [4.78, 5) is 12.1. The smallest absolute Gasteiger partial charge is 0.182 e. The molecule has 0 fully saturated rings. The van der Waals surface area contributed by atoms with E-state index in [9.17, 15) is 4.79 Å². The van der Waals surface area contributed by atoms with Crippen molar-refractivity contribution in [2.24, 2.45) is 5.73 Å². The molecule has 2 nitrogen and oxygen atoms in total. The molecule has 82 valence electrons. The summed E-state index contributed by atoms with van der Waals surface area (Å²) in [7, 11) is 0. The Hall–Kier alpha value is -1.15. The monoisotopic (exact) mass is 205 g/mol. The minimum atomic E-state index is -0.750. The average Bonchev–Trinajstić information content (AvgIpc) is 2.15. The lowest BCUT2D eigenvalue weighted by atomic mass is 9.88. The molecule has 0 spiro atoms. The first-order chi connectivity index (χ1) is 6.86. The molecule has 0 aliphatic carbocycles. The standard InChI is InChI=1S/C13H19NO/c1-5-13(4,14)12(15)11-7-9(2)6-10(3)8-11/h6-8H,5,14H2,1-4H3. The van der Waals surface area contributed by atoms with Crippen molar-refractivity contribution in [3.8, 4) is 0 Å². The van der Waals surface area contributed by atoms with E-state index in [-0.39, 0.29) is 5.78 Å². The number of aryl methyl sites for hydroxylation is 2. The largest absolute Gasteiger partial charge is 0.319 e. The molecule has 0 saturated heterocycles. The second kappa shape index (κ2) is 4.15. The number of benzene rings is 1. The fourth-order valence-corrected chi connectivity index (χ4v) is 1.60. The molecule has 1 atom stereocenters. The zero-order valence-corrected chi connectivity index (χ0v) is 9.92. The zero-order valence-electron chi connectivity index (χ0n) is 9.92. The zero-order chi connectivity index (χ0) is 11.6. The lowest BCUT2D eigenvalue weighted by molar-refractivity contribution is 0.0897. The number of hydrogen-bond donors (Lipinski definition) is 1. The van der Waals surface area contributed by atoms with Crippen LogP contribution in [0.1, 0.15) is 41.8 Å². The fourth-order valence-electron chi connectivity index (χ4n) is 1.60. The summed E-state index contributed by atoms with van der Waals surface area (Å²) in [6.07, 6.45) is 0.652. The highest BCUT2D eigenvalue weighted by atomic mass is 16.1. The summed E-state index contributed by atoms with van der Waals surface area (Å²) in [6.45, 7) is 7.70. The van der Waals surface area contributed by atoms with E-state index in [1.54, 1.807) is 6.92 Å². The average molecular weight is 205 g/mol. The summed E-state index contributed by atoms with van der Waals surface area (Å²) in [5, 5.41) is 0. The highest BCUT2D eigenvalue weighted by Crippen LogP contribution is 2.17. The van der Waals surface area contributed by atoms with Crippen molar-refractivity contribution in [1.82, 2.24) is 0 Å². The molecule has 0 aliphatic heterocycles. The SMILES string of the molecule is CCC(C)(N)C(=O)c1cc(C)cc(C)c1. The maximum absolute atomic E-state index is 12.1. The second-order valence-corrected chi connectivity index (χ2v) is 4.48. The third kappa shape index (κ3) is 2.66. The van der Waals surface area contributed by atoms with Gasteiger partial charge in [0.05, 0.1) is 5.54 Å². The van der Waals surface area contributed by atoms with Crippen molar-refractivity contribution in [1.29, 1.82) is 0 Å². The van der Waals surface area contributed by atoms with Crippen molar-refractivity contribution in [2.45, 2.75) is 39.7 Å². The van der Waals surface area contributed by atoms with Crippen LogP contribution in [-0.2, 0) is 0 Å². The van der Waals surface area contributed by atoms with Crippen LogP contribution < -0.4 is 5.73 Å². The minimum Gasteiger partial charge on any atom is -0.319 e. The quantitative estimate of drug-likeness (QED) is 0.771. The van der Waals surface area contributed by atoms with E-state index in [1.165, 1.54) is 0 Å². The number of nitrogens with two attached hydrogens (primary N) is 1. The van der Waals surface area contributed by atoms with Gasteiger partial charge in [-0.2, -0.15) is 0 Å². The van der Waals surface area contributed by atoms with Gasteiger partial charge in [-0.05, 0) is 39.3 Å². The van der Waals surface area contributed by atoms with Gasteiger partial charge >= 0.3 is 0 Å². The lowest BCUT2D eigenvalue weighted by Crippen LogP contribution is -2.44. The van der Waals surface area contributed by atoms with Crippen LogP contribution in [0, 0.1) is 13.8 Å². The van der Waals surface area contributed by atoms with E-state index in [2.05, 4.69) is 6.07 Å². The van der Waals surface area contributed by atoms with Crippen LogP contribution >= 0.6 is 0 Å². The summed E-state index contributed by atoms with van der Waals surface area (Å²) in [5.41, 5.74) is 8.12. The predicted molar refractivity (Wildman–Crippen MR) is 63.1 cm³/mol. The normalized spacial score (nSPS) is 14.7. The topological polar surface area (TPSA) is 43.1 Å². The van der Waals surface area contributed by atoms with Crippen molar-refractivity contribution in [3.63, 3.8) is 0 Å². The van der Waals surface area contributed by atoms with Crippen LogP contribution in [0.4, 0.5) is 0 Å². The van der Waals surface area contributed by atoms with Crippen LogP contribution in [0.3, 0.4) is 0 Å². The third-order valence-corrected chi connectivity index (χ3v) is 2.74. The van der Waals surface area contributed by atoms with E-state index in [4.69, 9.17) is 5.73 Å². The van der Waals surface area contributed by atoms with E-state index in [0.717, 1.165) is 16.7 Å². The first-order valence-electron chi connectivity index (χ1n) is 5.29. The molecule has 0 saturated carbocycles. The van der Waals surface area contributed by atoms with Gasteiger partial charge in [0.25, 0.3) is 0 Å². The van der Waals surface area contributed by atoms with E-state index in [1.807, 2.05) is 32.9 Å². The van der Waals surface area contributed by atoms with Gasteiger partial charge in [-0.1, -0.05) is 24.1 Å². The summed E-state index contributed by atoms with van der Waals surface area (Å²) >= 11 is 0. The van der Waals surface area contributed by atoms with Gasteiger partial charge in [0.15, 0.2) is 5.78 Å². The Labute approximate surface area is 91.5 Å². The fraction of sp³-hybridized carbons (Fsp3) is 0.462. The molecule has 0 aliphatic rings. The van der Waals surface area contributed by atoms with Gasteiger partial charge in [-0.25, -0.2) is 0 Å². The molecule has 0 amide bonds. The molecule has 15 heavy (non-hydrogen) atoms. The maximum atomic E-state index is 12.1. The number of Topliss-reactive ketones (excluding diaryl/α,β-unsaturated/α-hetero) is 1. The van der Waals surface area contributed by atoms with Crippen LogP contribution in [-0.4, -0.2) is 11.3 Å². The molecule has 1 unspecified atom stereocenters. The number of carbonyl (C=O) groups is 1. The van der Waals surface area contributed by atoms with E-state index < -0.39 is 5.54 Å². The van der Waals surface area contributed by atoms with Gasteiger partial charge in [0, 0.05) is 5.56 Å². The highest BCUT2D eigenvalue weighted by Gasteiger charge is 2.27. The predicted octanol–water partition coefficient (Wildman–Crippen LogP) is 2.61. The van der Waals surface area contributed by atoms with Crippen LogP contribution in [0.5, 0.6) is 0 Å². The number of rotatable bonds is 3. The molecular weight excluding hydrogens is 186 g/mol. The summed E-state index contributed by atoms with van der Waals surface area (Å²) in [5.74, 6) is 0.0248. The Morgan fingerprint density at radius 2 is 1.73 bits per heavy atom. The van der Waals surface area contributed by atoms with E-state index in [0.29, 0.717) is 6.42 Å². The van der Waals surface area contributed by atoms with E-state index >= 15 is 0 Å². The van der Waals surface area contributed by atoms with Crippen molar-refractivity contribution >= 4 is 5.78 Å². The number of ketones is 1. The van der Waals surface area contributed by atoms with Gasteiger partial charge in [-0.3, -0.25) is 4.79 Å². The lowest BCUT2D eigenvalue weighted by Gasteiger charge is -2.21. The van der Waals surface area contributed by atoms with Crippen LogP contribution in [0.2, 0.25) is 0 Å². The Morgan fingerprint density at radius 3 is 2.13 bits per heavy atom. The maximum Gasteiger partial charge on any atom is 0.182 e. The Balaban J connectivity index is 3.12. The molecule has 2 N–H and O–H groups in total. The van der Waals surface area contributed by atoms with Crippen LogP contribution in [0.25, 0.3) is 0 Å². The minimum absolute atomic E-state index is 0.0248. The highest BCUT2D eigenvalue weighted by molar-refractivity contribution is 6.03. The molecule has 0 heterocycles. The van der Waals surface area contributed by atoms with Crippen LogP contribution in [0.15, 0.2) is 18.2 Å². The summed E-state index contributed by atoms with van der Waals surface area (Å²) in [6, 6.07) is 5.85. The third-order valence-electron chi connectivity index (χ3n) is 2.74. The molecular formula is C13H19NO. The molecule has 0 aromatic heterocycles. The first-order valence-corrected chi connectivity index (χ1v) is 5.29. The number of hydrogen-bond acceptors (Lipinski definition) is 2. The molecule has 1 aromatic rings. The van der Waals surface area contributed by atoms with Crippen molar-refractivity contribution in [3.05, 3.63) is 34.9 Å². The molecule has 1 rings (SSSR count). The molecule has 1 aromatic carbocycles. The second-order valence-electron chi connectivity index (χ2n) is 4.48. The molecule has 0 radical (unpaired) electrons. The summed E-state index contributed by atoms with van der Waals surface area (Å²) < 4.78 is 0. The Bertz CT molecular complexity index is 360. The Kier molecular flexibility index (Phi) is 3.30. The van der Waals surface area contributed by atoms with Gasteiger partial charge in [0.1, 0.15) is 0 Å². The van der Waals surface area contributed by atoms with Gasteiger partial charge in [0.2, 0.25) is 0 Å². The first kappa shape index (κ1) is 11.9. The molecule has 0 bridgehead atoms.